The second-order valence-electron chi connectivity index (χ2n) is 3.94. The van der Waals surface area contributed by atoms with Crippen LogP contribution in [0.25, 0.3) is 11.3 Å². The minimum Gasteiger partial charge on any atom is -0.491 e. The number of nitrogen functional groups attached to an aromatic ring is 1. The molecule has 0 bridgehead atoms. The third-order valence-electron chi connectivity index (χ3n) is 2.82. The highest BCUT2D eigenvalue weighted by Crippen LogP contribution is 2.31. The molecule has 0 radical (unpaired) electrons. The van der Waals surface area contributed by atoms with E-state index in [9.17, 15) is 0 Å². The van der Waals surface area contributed by atoms with Gasteiger partial charge in [0.15, 0.2) is 11.6 Å². The van der Waals surface area contributed by atoms with Crippen molar-refractivity contribution in [3.8, 4) is 17.0 Å². The van der Waals surface area contributed by atoms with Crippen molar-refractivity contribution in [1.82, 2.24) is 9.97 Å². The van der Waals surface area contributed by atoms with Gasteiger partial charge in [-0.3, -0.25) is 0 Å². The van der Waals surface area contributed by atoms with Crippen molar-refractivity contribution in [2.75, 3.05) is 12.8 Å². The second-order valence-corrected chi connectivity index (χ2v) is 3.94. The average molecular weight is 229 g/mol. The molecule has 4 heteroatoms. The van der Waals surface area contributed by atoms with E-state index < -0.39 is 0 Å². The lowest BCUT2D eigenvalue weighted by Gasteiger charge is -2.10. The normalized spacial score (nSPS) is 10.3. The van der Waals surface area contributed by atoms with Crippen LogP contribution in [0.15, 0.2) is 24.5 Å². The van der Waals surface area contributed by atoms with Crippen LogP contribution >= 0.6 is 0 Å². The van der Waals surface area contributed by atoms with Gasteiger partial charge in [0.05, 0.1) is 7.11 Å². The molecular weight excluding hydrogens is 214 g/mol. The molecule has 88 valence electrons. The van der Waals surface area contributed by atoms with Gasteiger partial charge < -0.3 is 10.5 Å². The maximum Gasteiger partial charge on any atom is 0.187 e. The van der Waals surface area contributed by atoms with Gasteiger partial charge in [-0.2, -0.15) is 0 Å². The standard InChI is InChI=1S/C13H15N3O/c1-8-4-5-10(6-9(8)2)11-12(17-3)13(14)16-7-15-11/h4-7H,1-3H3,(H2,14,15,16). The summed E-state index contributed by atoms with van der Waals surface area (Å²) in [5.41, 5.74) is 9.93. The molecule has 0 aliphatic heterocycles. The Morgan fingerprint density at radius 2 is 1.88 bits per heavy atom. The van der Waals surface area contributed by atoms with E-state index in [-0.39, 0.29) is 0 Å². The summed E-state index contributed by atoms with van der Waals surface area (Å²) in [7, 11) is 1.57. The van der Waals surface area contributed by atoms with Gasteiger partial charge in [0.25, 0.3) is 0 Å². The van der Waals surface area contributed by atoms with Crippen LogP contribution in [-0.2, 0) is 0 Å². The topological polar surface area (TPSA) is 61.0 Å². The van der Waals surface area contributed by atoms with E-state index in [1.165, 1.54) is 17.5 Å². The predicted octanol–water partition coefficient (Wildman–Crippen LogP) is 2.35. The van der Waals surface area contributed by atoms with E-state index in [2.05, 4.69) is 35.9 Å². The first-order valence-electron chi connectivity index (χ1n) is 5.35. The third-order valence-corrected chi connectivity index (χ3v) is 2.82. The van der Waals surface area contributed by atoms with Crippen molar-refractivity contribution in [2.45, 2.75) is 13.8 Å². The first-order chi connectivity index (χ1) is 8.13. The molecule has 4 nitrogen and oxygen atoms in total. The molecule has 0 aliphatic carbocycles. The molecule has 0 atom stereocenters. The number of nitrogens with zero attached hydrogens (tertiary/aromatic N) is 2. The monoisotopic (exact) mass is 229 g/mol. The molecular formula is C13H15N3O. The van der Waals surface area contributed by atoms with Crippen molar-refractivity contribution in [3.05, 3.63) is 35.7 Å². The predicted molar refractivity (Wildman–Crippen MR) is 67.9 cm³/mol. The van der Waals surface area contributed by atoms with Gasteiger partial charge in [-0.1, -0.05) is 12.1 Å². The van der Waals surface area contributed by atoms with Crippen molar-refractivity contribution in [3.63, 3.8) is 0 Å². The lowest BCUT2D eigenvalue weighted by Crippen LogP contribution is -2.00. The molecule has 2 N–H and O–H groups in total. The summed E-state index contributed by atoms with van der Waals surface area (Å²) >= 11 is 0. The molecule has 0 aliphatic rings. The number of rotatable bonds is 2. The van der Waals surface area contributed by atoms with Crippen LogP contribution in [-0.4, -0.2) is 17.1 Å². The van der Waals surface area contributed by atoms with Crippen LogP contribution in [0.2, 0.25) is 0 Å². The van der Waals surface area contributed by atoms with Gasteiger partial charge in [-0.15, -0.1) is 0 Å². The fourth-order valence-corrected chi connectivity index (χ4v) is 1.68. The van der Waals surface area contributed by atoms with E-state index in [4.69, 9.17) is 10.5 Å². The number of benzene rings is 1. The number of nitrogens with two attached hydrogens (primary N) is 1. The van der Waals surface area contributed by atoms with E-state index >= 15 is 0 Å². The number of anilines is 1. The van der Waals surface area contributed by atoms with Crippen molar-refractivity contribution < 1.29 is 4.74 Å². The molecule has 1 aromatic carbocycles. The zero-order valence-electron chi connectivity index (χ0n) is 10.2. The summed E-state index contributed by atoms with van der Waals surface area (Å²) in [6, 6.07) is 6.13. The molecule has 17 heavy (non-hydrogen) atoms. The second kappa shape index (κ2) is 4.41. The quantitative estimate of drug-likeness (QED) is 0.858. The number of aromatic nitrogens is 2. The van der Waals surface area contributed by atoms with E-state index in [0.717, 1.165) is 11.3 Å². The fourth-order valence-electron chi connectivity index (χ4n) is 1.68. The Morgan fingerprint density at radius 3 is 2.53 bits per heavy atom. The van der Waals surface area contributed by atoms with Crippen LogP contribution in [0.5, 0.6) is 5.75 Å². The van der Waals surface area contributed by atoms with Crippen LogP contribution in [0.3, 0.4) is 0 Å². The minimum atomic E-state index is 0.357. The molecule has 0 fully saturated rings. The molecule has 1 heterocycles. The van der Waals surface area contributed by atoms with Gasteiger partial charge in [-0.25, -0.2) is 9.97 Å². The molecule has 0 amide bonds. The van der Waals surface area contributed by atoms with Crippen LogP contribution in [0.4, 0.5) is 5.82 Å². The van der Waals surface area contributed by atoms with Crippen molar-refractivity contribution >= 4 is 5.82 Å². The Morgan fingerprint density at radius 1 is 1.12 bits per heavy atom. The molecule has 0 spiro atoms. The first-order valence-corrected chi connectivity index (χ1v) is 5.35. The molecule has 1 aromatic heterocycles. The maximum atomic E-state index is 5.76. The summed E-state index contributed by atoms with van der Waals surface area (Å²) in [6.45, 7) is 4.14. The summed E-state index contributed by atoms with van der Waals surface area (Å²) in [5, 5.41) is 0. The molecule has 2 aromatic rings. The summed E-state index contributed by atoms with van der Waals surface area (Å²) in [5.74, 6) is 0.881. The SMILES string of the molecule is COc1c(N)ncnc1-c1ccc(C)c(C)c1. The van der Waals surface area contributed by atoms with E-state index in [0.29, 0.717) is 11.6 Å². The highest BCUT2D eigenvalue weighted by atomic mass is 16.5. The first kappa shape index (κ1) is 11.4. The fraction of sp³-hybridized carbons (Fsp3) is 0.231. The summed E-state index contributed by atoms with van der Waals surface area (Å²) in [6.07, 6.45) is 1.45. The molecule has 0 saturated carbocycles. The largest absolute Gasteiger partial charge is 0.491 e. The Balaban J connectivity index is 2.60. The number of hydrogen-bond donors (Lipinski definition) is 1. The van der Waals surface area contributed by atoms with Crippen LogP contribution in [0, 0.1) is 13.8 Å². The van der Waals surface area contributed by atoms with Gasteiger partial charge >= 0.3 is 0 Å². The number of methoxy groups -OCH3 is 1. The summed E-state index contributed by atoms with van der Waals surface area (Å²) in [4.78, 5) is 8.15. The van der Waals surface area contributed by atoms with Crippen LogP contribution in [0.1, 0.15) is 11.1 Å². The zero-order chi connectivity index (χ0) is 12.4. The van der Waals surface area contributed by atoms with E-state index in [1.54, 1.807) is 7.11 Å². The molecule has 2 rings (SSSR count). The Hall–Kier alpha value is -2.10. The van der Waals surface area contributed by atoms with Gasteiger partial charge in [0.1, 0.15) is 12.0 Å². The summed E-state index contributed by atoms with van der Waals surface area (Å²) < 4.78 is 5.25. The molecule has 0 unspecified atom stereocenters. The van der Waals surface area contributed by atoms with Crippen molar-refractivity contribution in [2.24, 2.45) is 0 Å². The highest BCUT2D eigenvalue weighted by molar-refractivity contribution is 5.72. The van der Waals surface area contributed by atoms with Crippen molar-refractivity contribution in [1.29, 1.82) is 0 Å². The number of aryl methyl sites for hydroxylation is 2. The van der Waals surface area contributed by atoms with E-state index in [1.807, 2.05) is 6.07 Å². The van der Waals surface area contributed by atoms with Gasteiger partial charge in [0, 0.05) is 5.56 Å². The van der Waals surface area contributed by atoms with Gasteiger partial charge in [0.2, 0.25) is 0 Å². The van der Waals surface area contributed by atoms with Gasteiger partial charge in [-0.05, 0) is 31.0 Å². The highest BCUT2D eigenvalue weighted by Gasteiger charge is 2.11. The average Bonchev–Trinajstić information content (AvgIpc) is 2.32. The van der Waals surface area contributed by atoms with Crippen LogP contribution < -0.4 is 10.5 Å². The smallest absolute Gasteiger partial charge is 0.187 e. The maximum absolute atomic E-state index is 5.76. The number of hydrogen-bond acceptors (Lipinski definition) is 4. The lowest BCUT2D eigenvalue weighted by molar-refractivity contribution is 0.415. The third kappa shape index (κ3) is 2.06. The minimum absolute atomic E-state index is 0.357. The lowest BCUT2D eigenvalue weighted by atomic mass is 10.0. The number of ether oxygens (including phenoxy) is 1. The molecule has 0 saturated heterocycles. The Labute approximate surface area is 100 Å². The Kier molecular flexibility index (Phi) is 2.95. The Bertz CT molecular complexity index is 552. The zero-order valence-corrected chi connectivity index (χ0v) is 10.2.